The zero-order valence-corrected chi connectivity index (χ0v) is 8.39. The van der Waals surface area contributed by atoms with Gasteiger partial charge in [0, 0.05) is 0 Å². The first-order chi connectivity index (χ1) is 8.00. The second-order valence-electron chi connectivity index (χ2n) is 3.42. The van der Waals surface area contributed by atoms with Gasteiger partial charge in [-0.3, -0.25) is 0 Å². The van der Waals surface area contributed by atoms with Gasteiger partial charge in [-0.2, -0.15) is 0 Å². The first-order valence-corrected chi connectivity index (χ1v) is 4.64. The largest absolute Gasteiger partial charge is 0.465 e. The van der Waals surface area contributed by atoms with Crippen LogP contribution in [-0.2, 0) is 4.74 Å². The molecular formula is C10H7F2NO4. The predicted molar refractivity (Wildman–Crippen MR) is 50.3 cm³/mol. The molecule has 0 radical (unpaired) electrons. The number of carbonyl (C=O) groups excluding carboxylic acids is 1. The molecule has 5 nitrogen and oxygen atoms in total. The predicted octanol–water partition coefficient (Wildman–Crippen LogP) is 2.14. The standard InChI is InChI=1S/C10H7F2NO4/c11-6-2-1-5(3-7(6)12)8-4-17-10(16)13(8)9(14)15/h1-3,8H,4H2,(H,14,15). The number of amides is 2. The van der Waals surface area contributed by atoms with E-state index in [0.717, 1.165) is 12.1 Å². The van der Waals surface area contributed by atoms with Crippen LogP contribution in [0.1, 0.15) is 11.6 Å². The maximum atomic E-state index is 13.0. The molecule has 1 atom stereocenters. The number of rotatable bonds is 1. The average Bonchev–Trinajstić information content (AvgIpc) is 2.64. The van der Waals surface area contributed by atoms with Crippen molar-refractivity contribution in [3.63, 3.8) is 0 Å². The van der Waals surface area contributed by atoms with E-state index in [-0.39, 0.29) is 12.2 Å². The van der Waals surface area contributed by atoms with E-state index in [2.05, 4.69) is 4.74 Å². The molecule has 90 valence electrons. The van der Waals surface area contributed by atoms with Crippen molar-refractivity contribution in [1.82, 2.24) is 4.90 Å². The first-order valence-electron chi connectivity index (χ1n) is 4.64. The third-order valence-electron chi connectivity index (χ3n) is 2.41. The zero-order chi connectivity index (χ0) is 12.6. The molecule has 2 amide bonds. The van der Waals surface area contributed by atoms with Crippen LogP contribution in [0.2, 0.25) is 0 Å². The lowest BCUT2D eigenvalue weighted by molar-refractivity contribution is 0.135. The van der Waals surface area contributed by atoms with Crippen molar-refractivity contribution in [2.45, 2.75) is 6.04 Å². The summed E-state index contributed by atoms with van der Waals surface area (Å²) in [6.45, 7) is -0.212. The molecule has 0 aliphatic carbocycles. The fourth-order valence-electron chi connectivity index (χ4n) is 1.60. The summed E-state index contributed by atoms with van der Waals surface area (Å²) in [5.74, 6) is -2.15. The molecule has 17 heavy (non-hydrogen) atoms. The van der Waals surface area contributed by atoms with E-state index >= 15 is 0 Å². The van der Waals surface area contributed by atoms with Crippen LogP contribution in [0.5, 0.6) is 0 Å². The number of cyclic esters (lactones) is 1. The minimum atomic E-state index is -1.50. The fourth-order valence-corrected chi connectivity index (χ4v) is 1.60. The molecule has 1 saturated heterocycles. The van der Waals surface area contributed by atoms with E-state index in [1.165, 1.54) is 6.07 Å². The molecule has 0 saturated carbocycles. The van der Waals surface area contributed by atoms with Crippen molar-refractivity contribution in [3.8, 4) is 0 Å². The highest BCUT2D eigenvalue weighted by Crippen LogP contribution is 2.28. The number of ether oxygens (including phenoxy) is 1. The Morgan fingerprint density at radius 1 is 1.41 bits per heavy atom. The second kappa shape index (κ2) is 4.00. The molecule has 0 spiro atoms. The van der Waals surface area contributed by atoms with E-state index in [4.69, 9.17) is 5.11 Å². The Hall–Kier alpha value is -2.18. The normalized spacial score (nSPS) is 19.3. The summed E-state index contributed by atoms with van der Waals surface area (Å²) in [5.41, 5.74) is 0.164. The van der Waals surface area contributed by atoms with Crippen molar-refractivity contribution in [2.75, 3.05) is 6.61 Å². The van der Waals surface area contributed by atoms with E-state index in [9.17, 15) is 18.4 Å². The summed E-state index contributed by atoms with van der Waals surface area (Å²) in [7, 11) is 0. The van der Waals surface area contributed by atoms with Crippen LogP contribution in [0.3, 0.4) is 0 Å². The van der Waals surface area contributed by atoms with Crippen molar-refractivity contribution in [3.05, 3.63) is 35.4 Å². The van der Waals surface area contributed by atoms with Gasteiger partial charge in [0.1, 0.15) is 12.6 Å². The van der Waals surface area contributed by atoms with Crippen molar-refractivity contribution < 1.29 is 28.2 Å². The summed E-state index contributed by atoms with van der Waals surface area (Å²) < 4.78 is 30.3. The maximum absolute atomic E-state index is 13.0. The number of hydrogen-bond acceptors (Lipinski definition) is 3. The molecule has 1 aliphatic heterocycles. The topological polar surface area (TPSA) is 66.8 Å². The quantitative estimate of drug-likeness (QED) is 0.820. The summed E-state index contributed by atoms with van der Waals surface area (Å²) in [5, 5.41) is 8.80. The number of carbonyl (C=O) groups is 2. The van der Waals surface area contributed by atoms with E-state index in [1.807, 2.05) is 0 Å². The van der Waals surface area contributed by atoms with E-state index < -0.39 is 29.9 Å². The zero-order valence-electron chi connectivity index (χ0n) is 8.39. The van der Waals surface area contributed by atoms with Crippen molar-refractivity contribution in [1.29, 1.82) is 0 Å². The van der Waals surface area contributed by atoms with E-state index in [1.54, 1.807) is 0 Å². The fraction of sp³-hybridized carbons (Fsp3) is 0.200. The van der Waals surface area contributed by atoms with Gasteiger partial charge in [0.25, 0.3) is 0 Å². The van der Waals surface area contributed by atoms with Crippen LogP contribution in [0.15, 0.2) is 18.2 Å². The van der Waals surface area contributed by atoms with Gasteiger partial charge in [0.15, 0.2) is 11.6 Å². The SMILES string of the molecule is O=C(O)N1C(=O)OCC1c1ccc(F)c(F)c1. The van der Waals surface area contributed by atoms with Crippen LogP contribution in [-0.4, -0.2) is 28.8 Å². The molecule has 1 aromatic rings. The summed E-state index contributed by atoms with van der Waals surface area (Å²) in [6.07, 6.45) is -2.52. The molecule has 0 aromatic heterocycles. The minimum Gasteiger partial charge on any atom is -0.465 e. The highest BCUT2D eigenvalue weighted by Gasteiger charge is 2.39. The van der Waals surface area contributed by atoms with E-state index in [0.29, 0.717) is 4.90 Å². The maximum Gasteiger partial charge on any atom is 0.420 e. The van der Waals surface area contributed by atoms with Gasteiger partial charge < -0.3 is 9.84 Å². The van der Waals surface area contributed by atoms with Gasteiger partial charge >= 0.3 is 12.2 Å². The number of benzene rings is 1. The molecule has 1 heterocycles. The van der Waals surface area contributed by atoms with Crippen LogP contribution in [0.25, 0.3) is 0 Å². The summed E-state index contributed by atoms with van der Waals surface area (Å²) in [6, 6.07) is 1.97. The Balaban J connectivity index is 2.36. The average molecular weight is 243 g/mol. The smallest absolute Gasteiger partial charge is 0.420 e. The molecular weight excluding hydrogens is 236 g/mol. The molecule has 1 aliphatic rings. The van der Waals surface area contributed by atoms with Crippen LogP contribution >= 0.6 is 0 Å². The molecule has 2 rings (SSSR count). The Morgan fingerprint density at radius 2 is 2.12 bits per heavy atom. The first kappa shape index (κ1) is 11.3. The molecule has 1 fully saturated rings. The number of halogens is 2. The van der Waals surface area contributed by atoms with Crippen LogP contribution in [0.4, 0.5) is 18.4 Å². The Labute approximate surface area is 94.2 Å². The minimum absolute atomic E-state index is 0.164. The molecule has 1 aromatic carbocycles. The Kier molecular flexibility index (Phi) is 2.66. The molecule has 7 heteroatoms. The number of carboxylic acid groups (broad SMARTS) is 1. The van der Waals surface area contributed by atoms with Crippen LogP contribution < -0.4 is 0 Å². The monoisotopic (exact) mass is 243 g/mol. The number of imide groups is 1. The van der Waals surface area contributed by atoms with Crippen LogP contribution in [0, 0.1) is 11.6 Å². The van der Waals surface area contributed by atoms with Gasteiger partial charge in [-0.25, -0.2) is 23.3 Å². The van der Waals surface area contributed by atoms with Gasteiger partial charge in [-0.15, -0.1) is 0 Å². The third kappa shape index (κ3) is 1.91. The van der Waals surface area contributed by atoms with Gasteiger partial charge in [0.2, 0.25) is 0 Å². The summed E-state index contributed by atoms with van der Waals surface area (Å²) >= 11 is 0. The third-order valence-corrected chi connectivity index (χ3v) is 2.41. The van der Waals surface area contributed by atoms with Gasteiger partial charge in [-0.05, 0) is 17.7 Å². The highest BCUT2D eigenvalue weighted by atomic mass is 19.2. The second-order valence-corrected chi connectivity index (χ2v) is 3.42. The summed E-state index contributed by atoms with van der Waals surface area (Å²) in [4.78, 5) is 22.3. The molecule has 1 N–H and O–H groups in total. The van der Waals surface area contributed by atoms with Crippen molar-refractivity contribution in [2.24, 2.45) is 0 Å². The molecule has 1 unspecified atom stereocenters. The lowest BCUT2D eigenvalue weighted by Crippen LogP contribution is -2.32. The number of nitrogens with zero attached hydrogens (tertiary/aromatic N) is 1. The highest BCUT2D eigenvalue weighted by molar-refractivity contribution is 5.88. The van der Waals surface area contributed by atoms with Crippen molar-refractivity contribution >= 4 is 12.2 Å². The van der Waals surface area contributed by atoms with Gasteiger partial charge in [0.05, 0.1) is 0 Å². The van der Waals surface area contributed by atoms with Gasteiger partial charge in [-0.1, -0.05) is 6.07 Å². The lowest BCUT2D eigenvalue weighted by Gasteiger charge is -2.16. The molecule has 0 bridgehead atoms. The number of hydrogen-bond donors (Lipinski definition) is 1. The Bertz CT molecular complexity index is 491. The lowest BCUT2D eigenvalue weighted by atomic mass is 10.1. The Morgan fingerprint density at radius 3 is 2.71 bits per heavy atom.